The van der Waals surface area contributed by atoms with Crippen LogP contribution in [0.25, 0.3) is 0 Å². The van der Waals surface area contributed by atoms with E-state index in [9.17, 15) is 4.79 Å². The average Bonchev–Trinajstić information content (AvgIpc) is 2.91. The number of rotatable bonds is 1. The molecule has 18 heavy (non-hydrogen) atoms. The molecule has 3 rings (SSSR count). The van der Waals surface area contributed by atoms with Crippen LogP contribution in [0.15, 0.2) is 24.3 Å². The first kappa shape index (κ1) is 11.3. The van der Waals surface area contributed by atoms with Crippen molar-refractivity contribution in [1.29, 1.82) is 0 Å². The molecule has 2 aliphatic rings. The van der Waals surface area contributed by atoms with Gasteiger partial charge in [0.05, 0.1) is 13.2 Å². The molecule has 2 atom stereocenters. The van der Waals surface area contributed by atoms with Gasteiger partial charge in [-0.05, 0) is 25.5 Å². The Morgan fingerprint density at radius 2 is 2.00 bits per heavy atom. The van der Waals surface area contributed by atoms with Crippen LogP contribution in [0.5, 0.6) is 11.5 Å². The van der Waals surface area contributed by atoms with Gasteiger partial charge < -0.3 is 9.47 Å². The molecule has 0 N–H and O–H groups in total. The van der Waals surface area contributed by atoms with Crippen molar-refractivity contribution >= 4 is 5.91 Å². The van der Waals surface area contributed by atoms with Gasteiger partial charge in [0, 0.05) is 0 Å². The van der Waals surface area contributed by atoms with Crippen LogP contribution >= 0.6 is 0 Å². The third-order valence-corrected chi connectivity index (χ3v) is 3.08. The summed E-state index contributed by atoms with van der Waals surface area (Å²) in [5.41, 5.74) is 0. The SMILES string of the molecule is CC1Oc2ccccc2OC1C(=O)N1CCCO1. The van der Waals surface area contributed by atoms with Gasteiger partial charge in [-0.15, -0.1) is 0 Å². The summed E-state index contributed by atoms with van der Waals surface area (Å²) in [5.74, 6) is 1.11. The lowest BCUT2D eigenvalue weighted by Gasteiger charge is -2.32. The van der Waals surface area contributed by atoms with Gasteiger partial charge in [0.2, 0.25) is 6.10 Å². The maximum absolute atomic E-state index is 12.2. The van der Waals surface area contributed by atoms with Crippen molar-refractivity contribution < 1.29 is 19.1 Å². The van der Waals surface area contributed by atoms with Crippen molar-refractivity contribution in [2.45, 2.75) is 25.6 Å². The monoisotopic (exact) mass is 249 g/mol. The van der Waals surface area contributed by atoms with E-state index in [1.807, 2.05) is 25.1 Å². The molecule has 5 heteroatoms. The molecule has 2 heterocycles. The molecule has 0 aromatic heterocycles. The quantitative estimate of drug-likeness (QED) is 0.754. The number of hydrogen-bond acceptors (Lipinski definition) is 4. The number of ether oxygens (including phenoxy) is 2. The van der Waals surface area contributed by atoms with Crippen molar-refractivity contribution in [3.63, 3.8) is 0 Å². The topological polar surface area (TPSA) is 48.0 Å². The molecule has 5 nitrogen and oxygen atoms in total. The fourth-order valence-electron chi connectivity index (χ4n) is 2.15. The van der Waals surface area contributed by atoms with Crippen molar-refractivity contribution in [2.24, 2.45) is 0 Å². The third kappa shape index (κ3) is 1.90. The molecule has 96 valence electrons. The van der Waals surface area contributed by atoms with Gasteiger partial charge in [0.25, 0.3) is 5.91 Å². The van der Waals surface area contributed by atoms with Crippen molar-refractivity contribution in [3.8, 4) is 11.5 Å². The summed E-state index contributed by atoms with van der Waals surface area (Å²) < 4.78 is 11.4. The predicted octanol–water partition coefficient (Wildman–Crippen LogP) is 1.38. The van der Waals surface area contributed by atoms with E-state index < -0.39 is 6.10 Å². The summed E-state index contributed by atoms with van der Waals surface area (Å²) in [6.07, 6.45) is -0.0980. The zero-order chi connectivity index (χ0) is 12.5. The summed E-state index contributed by atoms with van der Waals surface area (Å²) in [6.45, 7) is 3.03. The van der Waals surface area contributed by atoms with E-state index in [0.29, 0.717) is 24.7 Å². The van der Waals surface area contributed by atoms with Crippen LogP contribution in [-0.2, 0) is 9.63 Å². The smallest absolute Gasteiger partial charge is 0.291 e. The lowest BCUT2D eigenvalue weighted by Crippen LogP contribution is -2.49. The second-order valence-electron chi connectivity index (χ2n) is 4.44. The lowest BCUT2D eigenvalue weighted by molar-refractivity contribution is -0.181. The molecule has 1 fully saturated rings. The maximum Gasteiger partial charge on any atom is 0.291 e. The van der Waals surface area contributed by atoms with Crippen molar-refractivity contribution in [2.75, 3.05) is 13.2 Å². The largest absolute Gasteiger partial charge is 0.482 e. The Labute approximate surface area is 105 Å². The fourth-order valence-corrected chi connectivity index (χ4v) is 2.15. The zero-order valence-corrected chi connectivity index (χ0v) is 10.2. The maximum atomic E-state index is 12.2. The number of benzene rings is 1. The van der Waals surface area contributed by atoms with Crippen molar-refractivity contribution in [1.82, 2.24) is 5.06 Å². The standard InChI is InChI=1S/C13H15NO4/c1-9-12(13(15)14-7-4-8-16-14)18-11-6-3-2-5-10(11)17-9/h2-3,5-6,9,12H,4,7-8H2,1H3. The highest BCUT2D eigenvalue weighted by Gasteiger charge is 2.38. The first-order valence-corrected chi connectivity index (χ1v) is 6.12. The van der Waals surface area contributed by atoms with Crippen LogP contribution < -0.4 is 9.47 Å². The number of amides is 1. The highest BCUT2D eigenvalue weighted by molar-refractivity contribution is 5.81. The van der Waals surface area contributed by atoms with E-state index in [1.54, 1.807) is 6.07 Å². The van der Waals surface area contributed by atoms with Gasteiger partial charge in [0.15, 0.2) is 11.5 Å². The molecular formula is C13H15NO4. The van der Waals surface area contributed by atoms with Gasteiger partial charge in [-0.2, -0.15) is 0 Å². The van der Waals surface area contributed by atoms with Crippen LogP contribution in [-0.4, -0.2) is 36.3 Å². The lowest BCUT2D eigenvalue weighted by atomic mass is 10.1. The van der Waals surface area contributed by atoms with E-state index in [2.05, 4.69) is 0 Å². The normalized spacial score (nSPS) is 26.2. The molecule has 0 spiro atoms. The molecule has 0 bridgehead atoms. The summed E-state index contributed by atoms with van der Waals surface area (Å²) in [6, 6.07) is 7.36. The minimum absolute atomic E-state index is 0.172. The molecular weight excluding hydrogens is 234 g/mol. The Balaban J connectivity index is 1.79. The fraction of sp³-hybridized carbons (Fsp3) is 0.462. The number of hydroxylamine groups is 2. The Morgan fingerprint density at radius 3 is 2.67 bits per heavy atom. The highest BCUT2D eigenvalue weighted by atomic mass is 16.7. The molecule has 1 aromatic carbocycles. The van der Waals surface area contributed by atoms with Gasteiger partial charge in [-0.3, -0.25) is 9.63 Å². The number of para-hydroxylation sites is 2. The van der Waals surface area contributed by atoms with Gasteiger partial charge in [0.1, 0.15) is 6.10 Å². The molecule has 1 amide bonds. The van der Waals surface area contributed by atoms with Crippen LogP contribution in [0.3, 0.4) is 0 Å². The number of nitrogens with zero attached hydrogens (tertiary/aromatic N) is 1. The number of fused-ring (bicyclic) bond motifs is 1. The van der Waals surface area contributed by atoms with Crippen LogP contribution in [0.1, 0.15) is 13.3 Å². The molecule has 2 aliphatic heterocycles. The minimum atomic E-state index is -0.641. The predicted molar refractivity (Wildman–Crippen MR) is 63.2 cm³/mol. The minimum Gasteiger partial charge on any atom is -0.482 e. The van der Waals surface area contributed by atoms with Crippen LogP contribution in [0, 0.1) is 0 Å². The summed E-state index contributed by atoms with van der Waals surface area (Å²) in [7, 11) is 0. The number of carbonyl (C=O) groups is 1. The Morgan fingerprint density at radius 1 is 1.28 bits per heavy atom. The number of carbonyl (C=O) groups excluding carboxylic acids is 1. The Bertz CT molecular complexity index is 456. The summed E-state index contributed by atoms with van der Waals surface area (Å²) in [4.78, 5) is 17.5. The summed E-state index contributed by atoms with van der Waals surface area (Å²) in [5, 5.41) is 1.37. The first-order chi connectivity index (χ1) is 8.75. The van der Waals surface area contributed by atoms with Gasteiger partial charge in [-0.1, -0.05) is 12.1 Å². The first-order valence-electron chi connectivity index (χ1n) is 6.12. The molecule has 0 saturated carbocycles. The summed E-state index contributed by atoms with van der Waals surface area (Å²) >= 11 is 0. The number of hydrogen-bond donors (Lipinski definition) is 0. The zero-order valence-electron chi connectivity index (χ0n) is 10.2. The Hall–Kier alpha value is -1.75. The second-order valence-corrected chi connectivity index (χ2v) is 4.44. The average molecular weight is 249 g/mol. The van der Waals surface area contributed by atoms with Gasteiger partial charge >= 0.3 is 0 Å². The van der Waals surface area contributed by atoms with E-state index >= 15 is 0 Å². The van der Waals surface area contributed by atoms with E-state index in [1.165, 1.54) is 5.06 Å². The molecule has 1 saturated heterocycles. The highest BCUT2D eigenvalue weighted by Crippen LogP contribution is 2.34. The molecule has 2 unspecified atom stereocenters. The van der Waals surface area contributed by atoms with E-state index in [0.717, 1.165) is 6.42 Å². The van der Waals surface area contributed by atoms with E-state index in [-0.39, 0.29) is 12.0 Å². The van der Waals surface area contributed by atoms with Crippen molar-refractivity contribution in [3.05, 3.63) is 24.3 Å². The van der Waals surface area contributed by atoms with Gasteiger partial charge in [-0.25, -0.2) is 5.06 Å². The van der Waals surface area contributed by atoms with Crippen LogP contribution in [0.2, 0.25) is 0 Å². The molecule has 0 aliphatic carbocycles. The molecule has 0 radical (unpaired) electrons. The second kappa shape index (κ2) is 4.49. The Kier molecular flexibility index (Phi) is 2.83. The van der Waals surface area contributed by atoms with E-state index in [4.69, 9.17) is 14.3 Å². The van der Waals surface area contributed by atoms with Crippen LogP contribution in [0.4, 0.5) is 0 Å². The third-order valence-electron chi connectivity index (χ3n) is 3.08. The molecule has 1 aromatic rings.